The highest BCUT2D eigenvalue weighted by Crippen LogP contribution is 2.28. The van der Waals surface area contributed by atoms with Gasteiger partial charge >= 0.3 is 0 Å². The van der Waals surface area contributed by atoms with E-state index in [1.807, 2.05) is 0 Å². The lowest BCUT2D eigenvalue weighted by atomic mass is 9.98. The van der Waals surface area contributed by atoms with Crippen molar-refractivity contribution in [1.29, 1.82) is 0 Å². The maximum atomic E-state index is 9.43. The van der Waals surface area contributed by atoms with Crippen LogP contribution >= 0.6 is 0 Å². The van der Waals surface area contributed by atoms with Gasteiger partial charge in [-0.1, -0.05) is 0 Å². The van der Waals surface area contributed by atoms with Crippen molar-refractivity contribution >= 4 is 0 Å². The fourth-order valence-electron chi connectivity index (χ4n) is 1.25. The third kappa shape index (κ3) is 1.67. The highest BCUT2D eigenvalue weighted by molar-refractivity contribution is 4.93. The monoisotopic (exact) mass is 205 g/mol. The summed E-state index contributed by atoms with van der Waals surface area (Å²) in [4.78, 5) is 2.27. The molecule has 80 valence electrons. The first-order valence-electron chi connectivity index (χ1n) is 3.93. The van der Waals surface area contributed by atoms with Gasteiger partial charge < -0.3 is 25.2 Å². The molecule has 1 rings (SSSR count). The van der Waals surface area contributed by atoms with Crippen molar-refractivity contribution in [2.45, 2.75) is 37.3 Å². The van der Waals surface area contributed by atoms with Crippen LogP contribution in [0, 0.1) is 0 Å². The van der Waals surface area contributed by atoms with Gasteiger partial charge in [0.15, 0.2) is 0 Å². The molecule has 8 nitrogen and oxygen atoms in total. The Morgan fingerprint density at radius 3 is 2.43 bits per heavy atom. The molecule has 0 amide bonds. The first-order chi connectivity index (χ1) is 6.42. The van der Waals surface area contributed by atoms with Crippen LogP contribution in [0.5, 0.6) is 0 Å². The van der Waals surface area contributed by atoms with Crippen molar-refractivity contribution in [3.05, 3.63) is 10.4 Å². The number of aliphatic hydroxyl groups is 4. The van der Waals surface area contributed by atoms with Gasteiger partial charge in [0.2, 0.25) is 0 Å². The van der Waals surface area contributed by atoms with Gasteiger partial charge in [-0.15, -0.1) is 0 Å². The molecule has 0 aromatic heterocycles. The van der Waals surface area contributed by atoms with Crippen LogP contribution in [-0.4, -0.2) is 50.8 Å². The first kappa shape index (κ1) is 11.2. The van der Waals surface area contributed by atoms with E-state index in [1.54, 1.807) is 0 Å². The lowest BCUT2D eigenvalue weighted by molar-refractivity contribution is -0.339. The molecule has 0 aromatic rings. The van der Waals surface area contributed by atoms with Crippen molar-refractivity contribution in [3.63, 3.8) is 0 Å². The zero-order valence-electron chi connectivity index (χ0n) is 7.35. The van der Waals surface area contributed by atoms with Gasteiger partial charge in [0, 0.05) is 4.91 Å². The van der Waals surface area contributed by atoms with Crippen LogP contribution in [0.15, 0.2) is 5.11 Å². The molecule has 1 heterocycles. The van der Waals surface area contributed by atoms with Crippen LogP contribution < -0.4 is 0 Å². The summed E-state index contributed by atoms with van der Waals surface area (Å²) in [5.74, 6) is -2.53. The molecule has 0 unspecified atom stereocenters. The SMILES string of the molecule is C[C@@H]1O[C@](O)(N=[N+]=[N-])[C@@H](O)[C@H](O)[C@@H]1O. The number of rotatable bonds is 1. The van der Waals surface area contributed by atoms with E-state index in [0.29, 0.717) is 0 Å². The number of nitrogens with zero attached hydrogens (tertiary/aromatic N) is 3. The van der Waals surface area contributed by atoms with Gasteiger partial charge in [0.1, 0.15) is 18.3 Å². The Morgan fingerprint density at radius 1 is 1.36 bits per heavy atom. The highest BCUT2D eigenvalue weighted by Gasteiger charge is 2.51. The molecule has 5 atom stereocenters. The molecular weight excluding hydrogens is 194 g/mol. The van der Waals surface area contributed by atoms with Gasteiger partial charge in [-0.2, -0.15) is 0 Å². The summed E-state index contributed by atoms with van der Waals surface area (Å²) in [6, 6.07) is 0. The molecule has 1 saturated heterocycles. The maximum Gasteiger partial charge on any atom is 0.276 e. The Hall–Kier alpha value is -0.890. The van der Waals surface area contributed by atoms with E-state index < -0.39 is 30.3 Å². The van der Waals surface area contributed by atoms with Gasteiger partial charge in [0.25, 0.3) is 5.91 Å². The molecule has 1 aliphatic rings. The van der Waals surface area contributed by atoms with Crippen LogP contribution in [0.25, 0.3) is 10.4 Å². The first-order valence-corrected chi connectivity index (χ1v) is 3.93. The molecule has 0 bridgehead atoms. The molecule has 4 N–H and O–H groups in total. The van der Waals surface area contributed by atoms with E-state index in [2.05, 4.69) is 14.8 Å². The van der Waals surface area contributed by atoms with E-state index in [4.69, 9.17) is 5.53 Å². The lowest BCUT2D eigenvalue weighted by Crippen LogP contribution is -2.62. The van der Waals surface area contributed by atoms with Gasteiger partial charge in [-0.3, -0.25) is 0 Å². The Kier molecular flexibility index (Phi) is 2.95. The third-order valence-electron chi connectivity index (χ3n) is 2.09. The zero-order chi connectivity index (χ0) is 10.9. The molecule has 0 radical (unpaired) electrons. The van der Waals surface area contributed by atoms with Crippen LogP contribution in [0.2, 0.25) is 0 Å². The molecular formula is C6H11N3O5. The fraction of sp³-hybridized carbons (Fsp3) is 1.00. The Labute approximate surface area is 79.0 Å². The molecule has 1 aliphatic heterocycles. The normalized spacial score (nSPS) is 48.4. The summed E-state index contributed by atoms with van der Waals surface area (Å²) >= 11 is 0. The number of azide groups is 1. The molecule has 1 fully saturated rings. The predicted octanol–water partition coefficient (Wildman–Crippen LogP) is -1.56. The highest BCUT2D eigenvalue weighted by atomic mass is 16.7. The number of hydrogen-bond acceptors (Lipinski definition) is 6. The van der Waals surface area contributed by atoms with E-state index in [9.17, 15) is 20.4 Å². The lowest BCUT2D eigenvalue weighted by Gasteiger charge is -2.42. The topological polar surface area (TPSA) is 139 Å². The quantitative estimate of drug-likeness (QED) is 0.233. The maximum absolute atomic E-state index is 9.43. The number of ether oxygens (including phenoxy) is 1. The molecule has 8 heteroatoms. The van der Waals surface area contributed by atoms with E-state index >= 15 is 0 Å². The van der Waals surface area contributed by atoms with Crippen LogP contribution in [-0.2, 0) is 4.74 Å². The molecule has 14 heavy (non-hydrogen) atoms. The second-order valence-electron chi connectivity index (χ2n) is 3.10. The van der Waals surface area contributed by atoms with Crippen LogP contribution in [0.4, 0.5) is 0 Å². The summed E-state index contributed by atoms with van der Waals surface area (Å²) in [6.45, 7) is 1.36. The van der Waals surface area contributed by atoms with Gasteiger partial charge in [0.05, 0.1) is 6.10 Å². The second-order valence-corrected chi connectivity index (χ2v) is 3.10. The molecule has 0 aromatic carbocycles. The largest absolute Gasteiger partial charge is 0.388 e. The summed E-state index contributed by atoms with van der Waals surface area (Å²) in [6.07, 6.45) is -5.82. The smallest absolute Gasteiger partial charge is 0.276 e. The minimum atomic E-state index is -2.53. The van der Waals surface area contributed by atoms with Crippen molar-refractivity contribution in [1.82, 2.24) is 0 Å². The van der Waals surface area contributed by atoms with E-state index in [1.165, 1.54) is 6.92 Å². The van der Waals surface area contributed by atoms with Crippen LogP contribution in [0.3, 0.4) is 0 Å². The molecule has 0 aliphatic carbocycles. The van der Waals surface area contributed by atoms with Gasteiger partial charge in [-0.05, 0) is 17.6 Å². The fourth-order valence-corrected chi connectivity index (χ4v) is 1.25. The minimum absolute atomic E-state index is 0.955. The zero-order valence-corrected chi connectivity index (χ0v) is 7.35. The Bertz CT molecular complexity index is 268. The Balaban J connectivity index is 2.95. The third-order valence-corrected chi connectivity index (χ3v) is 2.09. The van der Waals surface area contributed by atoms with Crippen molar-refractivity contribution < 1.29 is 25.2 Å². The molecule has 0 spiro atoms. The van der Waals surface area contributed by atoms with Crippen LogP contribution in [0.1, 0.15) is 6.92 Å². The predicted molar refractivity (Wildman–Crippen MR) is 42.7 cm³/mol. The van der Waals surface area contributed by atoms with Crippen molar-refractivity contribution in [3.8, 4) is 0 Å². The number of hydrogen-bond donors (Lipinski definition) is 4. The number of aliphatic hydroxyl groups excluding tert-OH is 3. The minimum Gasteiger partial charge on any atom is -0.388 e. The standard InChI is InChI=1S/C6H11N3O5/c1-2-3(10)4(11)5(12)6(13,14-2)8-9-7/h2-5,10-13H,1H3/t2-,3+,4+,5-,6-/m0/s1. The molecule has 0 saturated carbocycles. The summed E-state index contributed by atoms with van der Waals surface area (Å²) in [5, 5.41) is 40.0. The summed E-state index contributed by atoms with van der Waals surface area (Å²) < 4.78 is 4.68. The average Bonchev–Trinajstić information content (AvgIpc) is 2.12. The average molecular weight is 205 g/mol. The summed E-state index contributed by atoms with van der Waals surface area (Å²) in [7, 11) is 0. The summed E-state index contributed by atoms with van der Waals surface area (Å²) in [5.41, 5.74) is 8.10. The van der Waals surface area contributed by atoms with E-state index in [0.717, 1.165) is 0 Å². The van der Waals surface area contributed by atoms with Crippen molar-refractivity contribution in [2.75, 3.05) is 0 Å². The Morgan fingerprint density at radius 2 is 1.93 bits per heavy atom. The van der Waals surface area contributed by atoms with Crippen molar-refractivity contribution in [2.24, 2.45) is 5.11 Å². The second kappa shape index (κ2) is 3.70. The van der Waals surface area contributed by atoms with E-state index in [-0.39, 0.29) is 0 Å². The van der Waals surface area contributed by atoms with Gasteiger partial charge in [-0.25, -0.2) is 0 Å².